The van der Waals surface area contributed by atoms with Crippen molar-refractivity contribution in [3.05, 3.63) is 0 Å². The maximum atomic E-state index is 5.89. The largest absolute Gasteiger partial charge is 0.378 e. The maximum Gasteiger partial charge on any atom is 0.0564 e. The molecule has 1 fully saturated rings. The third-order valence-electron chi connectivity index (χ3n) is 1.83. The van der Waals surface area contributed by atoms with E-state index in [9.17, 15) is 0 Å². The Bertz CT molecular complexity index is 101. The van der Waals surface area contributed by atoms with Gasteiger partial charge in [0.05, 0.1) is 6.10 Å². The Morgan fingerprint density at radius 2 is 2.33 bits per heavy atom. The highest BCUT2D eigenvalue weighted by atomic mass is 16.5. The maximum absolute atomic E-state index is 5.89. The molecule has 2 nitrogen and oxygen atoms in total. The quantitative estimate of drug-likeness (QED) is 0.527. The number of rotatable bonds is 0. The third-order valence-corrected chi connectivity index (χ3v) is 1.83. The summed E-state index contributed by atoms with van der Waals surface area (Å²) in [6, 6.07) is 0. The van der Waals surface area contributed by atoms with Gasteiger partial charge < -0.3 is 10.5 Å². The number of ether oxygens (including phenoxy) is 1. The van der Waals surface area contributed by atoms with Crippen LogP contribution in [0.25, 0.3) is 0 Å². The fraction of sp³-hybridized carbons (Fsp3) is 1.00. The van der Waals surface area contributed by atoms with Crippen molar-refractivity contribution >= 4 is 0 Å². The molecule has 0 aromatic carbocycles. The number of hydrogen-bond acceptors (Lipinski definition) is 2. The second kappa shape index (κ2) is 2.27. The van der Waals surface area contributed by atoms with E-state index in [1.165, 1.54) is 0 Å². The molecule has 0 unspecified atom stereocenters. The average molecular weight is 129 g/mol. The standard InChI is InChI=1S/C7H15NO/c1-6-5-7(2,8)3-4-9-6/h6H,3-5,8H2,1-2H3/t6-,7-/m0/s1. The van der Waals surface area contributed by atoms with Crippen LogP contribution in [0.4, 0.5) is 0 Å². The zero-order valence-corrected chi connectivity index (χ0v) is 6.18. The summed E-state index contributed by atoms with van der Waals surface area (Å²) < 4.78 is 5.33. The highest BCUT2D eigenvalue weighted by Gasteiger charge is 2.26. The molecule has 0 aromatic rings. The summed E-state index contributed by atoms with van der Waals surface area (Å²) in [5.74, 6) is 0. The van der Waals surface area contributed by atoms with Crippen LogP contribution in [0, 0.1) is 0 Å². The minimum absolute atomic E-state index is 0.0255. The summed E-state index contributed by atoms with van der Waals surface area (Å²) in [6.45, 7) is 4.99. The van der Waals surface area contributed by atoms with Crippen molar-refractivity contribution in [1.82, 2.24) is 0 Å². The minimum atomic E-state index is 0.0255. The van der Waals surface area contributed by atoms with Crippen molar-refractivity contribution in [3.63, 3.8) is 0 Å². The molecule has 2 heteroatoms. The molecule has 0 aliphatic carbocycles. The van der Waals surface area contributed by atoms with Crippen molar-refractivity contribution in [2.24, 2.45) is 5.73 Å². The molecule has 1 aliphatic rings. The summed E-state index contributed by atoms with van der Waals surface area (Å²) in [4.78, 5) is 0. The zero-order valence-electron chi connectivity index (χ0n) is 6.18. The van der Waals surface area contributed by atoms with Crippen molar-refractivity contribution in [2.45, 2.75) is 38.3 Å². The van der Waals surface area contributed by atoms with Gasteiger partial charge in [0.25, 0.3) is 0 Å². The van der Waals surface area contributed by atoms with Crippen LogP contribution < -0.4 is 5.73 Å². The zero-order chi connectivity index (χ0) is 6.91. The molecular weight excluding hydrogens is 114 g/mol. The van der Waals surface area contributed by atoms with Crippen LogP contribution in [0.2, 0.25) is 0 Å². The SMILES string of the molecule is C[C@H]1C[C@@](C)(N)CCO1. The van der Waals surface area contributed by atoms with Crippen LogP contribution in [0.15, 0.2) is 0 Å². The molecule has 2 N–H and O–H groups in total. The predicted molar refractivity (Wildman–Crippen MR) is 37.2 cm³/mol. The summed E-state index contributed by atoms with van der Waals surface area (Å²) >= 11 is 0. The molecule has 0 saturated carbocycles. The molecule has 0 aromatic heterocycles. The van der Waals surface area contributed by atoms with Crippen molar-refractivity contribution < 1.29 is 4.74 Å². The first-order chi connectivity index (χ1) is 4.10. The van der Waals surface area contributed by atoms with Crippen molar-refractivity contribution in [2.75, 3.05) is 6.61 Å². The Morgan fingerprint density at radius 1 is 1.67 bits per heavy atom. The molecule has 1 heterocycles. The molecule has 1 rings (SSSR count). The van der Waals surface area contributed by atoms with E-state index in [2.05, 4.69) is 13.8 Å². The van der Waals surface area contributed by atoms with Crippen LogP contribution in [0.5, 0.6) is 0 Å². The topological polar surface area (TPSA) is 35.2 Å². The first-order valence-electron chi connectivity index (χ1n) is 3.51. The highest BCUT2D eigenvalue weighted by Crippen LogP contribution is 2.20. The summed E-state index contributed by atoms with van der Waals surface area (Å²) in [5, 5.41) is 0. The first kappa shape index (κ1) is 7.03. The lowest BCUT2D eigenvalue weighted by atomic mass is 9.91. The van der Waals surface area contributed by atoms with E-state index in [4.69, 9.17) is 10.5 Å². The van der Waals surface area contributed by atoms with Gasteiger partial charge in [0.1, 0.15) is 0 Å². The monoisotopic (exact) mass is 129 g/mol. The van der Waals surface area contributed by atoms with E-state index in [0.29, 0.717) is 6.10 Å². The fourth-order valence-electron chi connectivity index (χ4n) is 1.31. The molecule has 9 heavy (non-hydrogen) atoms. The molecule has 2 atom stereocenters. The Morgan fingerprint density at radius 3 is 2.67 bits per heavy atom. The van der Waals surface area contributed by atoms with Gasteiger partial charge in [-0.05, 0) is 26.7 Å². The highest BCUT2D eigenvalue weighted by molar-refractivity contribution is 4.83. The van der Waals surface area contributed by atoms with Gasteiger partial charge in [-0.25, -0.2) is 0 Å². The molecule has 0 bridgehead atoms. The van der Waals surface area contributed by atoms with Crippen molar-refractivity contribution in [3.8, 4) is 0 Å². The molecule has 0 radical (unpaired) electrons. The van der Waals surface area contributed by atoms with Crippen LogP contribution in [-0.4, -0.2) is 18.2 Å². The smallest absolute Gasteiger partial charge is 0.0564 e. The van der Waals surface area contributed by atoms with Gasteiger partial charge in [-0.15, -0.1) is 0 Å². The molecule has 0 spiro atoms. The van der Waals surface area contributed by atoms with E-state index in [0.717, 1.165) is 19.4 Å². The van der Waals surface area contributed by atoms with Crippen LogP contribution in [0.1, 0.15) is 26.7 Å². The minimum Gasteiger partial charge on any atom is -0.378 e. The van der Waals surface area contributed by atoms with Gasteiger partial charge in [0.2, 0.25) is 0 Å². The van der Waals surface area contributed by atoms with E-state index in [-0.39, 0.29) is 5.54 Å². The van der Waals surface area contributed by atoms with Crippen LogP contribution in [-0.2, 0) is 4.74 Å². The third kappa shape index (κ3) is 1.95. The first-order valence-corrected chi connectivity index (χ1v) is 3.51. The molecule has 0 amide bonds. The van der Waals surface area contributed by atoms with Gasteiger partial charge in [-0.3, -0.25) is 0 Å². The summed E-state index contributed by atoms with van der Waals surface area (Å²) in [7, 11) is 0. The van der Waals surface area contributed by atoms with Gasteiger partial charge in [-0.1, -0.05) is 0 Å². The molecule has 1 aliphatic heterocycles. The number of hydrogen-bond donors (Lipinski definition) is 1. The van der Waals surface area contributed by atoms with E-state index >= 15 is 0 Å². The molecule has 54 valence electrons. The van der Waals surface area contributed by atoms with E-state index in [1.54, 1.807) is 0 Å². The second-order valence-corrected chi connectivity index (χ2v) is 3.29. The van der Waals surface area contributed by atoms with Gasteiger partial charge in [-0.2, -0.15) is 0 Å². The Balaban J connectivity index is 2.41. The van der Waals surface area contributed by atoms with Crippen molar-refractivity contribution in [1.29, 1.82) is 0 Å². The molecular formula is C7H15NO. The Kier molecular flexibility index (Phi) is 1.78. The van der Waals surface area contributed by atoms with Crippen LogP contribution >= 0.6 is 0 Å². The lowest BCUT2D eigenvalue weighted by molar-refractivity contribution is -0.00263. The predicted octanol–water partition coefficient (Wildman–Crippen LogP) is 0.903. The molecule has 1 saturated heterocycles. The van der Waals surface area contributed by atoms with Crippen LogP contribution in [0.3, 0.4) is 0 Å². The average Bonchev–Trinajstić information content (AvgIpc) is 1.60. The van der Waals surface area contributed by atoms with E-state index < -0.39 is 0 Å². The second-order valence-electron chi connectivity index (χ2n) is 3.29. The number of nitrogens with two attached hydrogens (primary N) is 1. The Labute approximate surface area is 56.4 Å². The fourth-order valence-corrected chi connectivity index (χ4v) is 1.31. The Hall–Kier alpha value is -0.0800. The summed E-state index contributed by atoms with van der Waals surface area (Å²) in [6.07, 6.45) is 2.35. The van der Waals surface area contributed by atoms with Gasteiger partial charge in [0, 0.05) is 12.1 Å². The lowest BCUT2D eigenvalue weighted by Gasteiger charge is -2.33. The lowest BCUT2D eigenvalue weighted by Crippen LogP contribution is -2.44. The van der Waals surface area contributed by atoms with E-state index in [1.807, 2.05) is 0 Å². The van der Waals surface area contributed by atoms with Gasteiger partial charge in [0.15, 0.2) is 0 Å². The normalized spacial score (nSPS) is 45.0. The van der Waals surface area contributed by atoms with Gasteiger partial charge >= 0.3 is 0 Å². The summed E-state index contributed by atoms with van der Waals surface area (Å²) in [5.41, 5.74) is 5.91.